The van der Waals surface area contributed by atoms with Crippen molar-refractivity contribution in [3.05, 3.63) is 29.8 Å². The molecule has 1 radical (unpaired) electrons. The van der Waals surface area contributed by atoms with E-state index < -0.39 is 0 Å². The Labute approximate surface area is 61.3 Å². The second-order valence-corrected chi connectivity index (χ2v) is 2.66. The molecule has 0 bridgehead atoms. The van der Waals surface area contributed by atoms with Gasteiger partial charge in [-0.15, -0.1) is 0 Å². The summed E-state index contributed by atoms with van der Waals surface area (Å²) in [5.41, 5.74) is 1.06. The average Bonchev–Trinajstić information content (AvgIpc) is 1.88. The molecule has 0 aliphatic rings. The quantitative estimate of drug-likeness (QED) is 0.626. The van der Waals surface area contributed by atoms with Gasteiger partial charge in [0.25, 0.3) is 0 Å². The van der Waals surface area contributed by atoms with E-state index in [1.54, 1.807) is 18.2 Å². The molecule has 0 amide bonds. The normalized spacial score (nSPS) is 10.3. The fourth-order valence-corrected chi connectivity index (χ4v) is 0.806. The van der Waals surface area contributed by atoms with Crippen LogP contribution in [-0.2, 0) is 0 Å². The first kappa shape index (κ1) is 7.13. The van der Waals surface area contributed by atoms with Crippen LogP contribution in [0.15, 0.2) is 18.2 Å². The van der Waals surface area contributed by atoms with Crippen molar-refractivity contribution in [1.82, 2.24) is 0 Å². The van der Waals surface area contributed by atoms with Gasteiger partial charge < -0.3 is 5.11 Å². The molecule has 0 spiro atoms. The molecular formula is C9H11O. The number of rotatable bonds is 1. The van der Waals surface area contributed by atoms with Gasteiger partial charge in [-0.2, -0.15) is 0 Å². The first-order valence-corrected chi connectivity index (χ1v) is 3.41. The number of benzene rings is 1. The van der Waals surface area contributed by atoms with E-state index in [4.69, 9.17) is 5.11 Å². The zero-order chi connectivity index (χ0) is 7.56. The van der Waals surface area contributed by atoms with Crippen LogP contribution in [0.3, 0.4) is 0 Å². The summed E-state index contributed by atoms with van der Waals surface area (Å²) in [6.45, 7) is 4.15. The zero-order valence-electron chi connectivity index (χ0n) is 6.26. The molecule has 0 aromatic heterocycles. The first-order chi connectivity index (χ1) is 4.70. The van der Waals surface area contributed by atoms with E-state index in [0.717, 1.165) is 5.56 Å². The van der Waals surface area contributed by atoms with E-state index in [-0.39, 0.29) is 0 Å². The maximum atomic E-state index is 9.04. The first-order valence-electron chi connectivity index (χ1n) is 3.41. The van der Waals surface area contributed by atoms with Crippen LogP contribution in [0.2, 0.25) is 0 Å². The van der Waals surface area contributed by atoms with Gasteiger partial charge in [-0.25, -0.2) is 0 Å². The van der Waals surface area contributed by atoms with Crippen molar-refractivity contribution >= 4 is 0 Å². The van der Waals surface area contributed by atoms with Crippen LogP contribution < -0.4 is 0 Å². The van der Waals surface area contributed by atoms with Crippen LogP contribution in [0.4, 0.5) is 0 Å². The molecule has 0 fully saturated rings. The molecule has 10 heavy (non-hydrogen) atoms. The maximum absolute atomic E-state index is 9.04. The third kappa shape index (κ3) is 1.50. The third-order valence-corrected chi connectivity index (χ3v) is 1.43. The summed E-state index contributed by atoms with van der Waals surface area (Å²) in [5.74, 6) is 0.759. The highest BCUT2D eigenvalue weighted by molar-refractivity contribution is 5.27. The Morgan fingerprint density at radius 3 is 2.60 bits per heavy atom. The zero-order valence-corrected chi connectivity index (χ0v) is 6.26. The minimum atomic E-state index is 0.322. The molecule has 0 saturated heterocycles. The van der Waals surface area contributed by atoms with Crippen molar-refractivity contribution in [3.8, 4) is 5.75 Å². The highest BCUT2D eigenvalue weighted by atomic mass is 16.3. The van der Waals surface area contributed by atoms with Crippen LogP contribution in [-0.4, -0.2) is 5.11 Å². The summed E-state index contributed by atoms with van der Waals surface area (Å²) in [7, 11) is 0. The summed E-state index contributed by atoms with van der Waals surface area (Å²) < 4.78 is 0. The molecule has 1 aromatic rings. The fraction of sp³-hybridized carbons (Fsp3) is 0.333. The number of hydrogen-bond donors (Lipinski definition) is 1. The third-order valence-electron chi connectivity index (χ3n) is 1.43. The molecule has 0 heterocycles. The van der Waals surface area contributed by atoms with Gasteiger partial charge in [0.15, 0.2) is 0 Å². The van der Waals surface area contributed by atoms with Gasteiger partial charge in [0.1, 0.15) is 5.75 Å². The lowest BCUT2D eigenvalue weighted by Gasteiger charge is -2.03. The van der Waals surface area contributed by atoms with E-state index in [0.29, 0.717) is 11.7 Å². The van der Waals surface area contributed by atoms with Gasteiger partial charge in [-0.3, -0.25) is 0 Å². The van der Waals surface area contributed by atoms with Crippen molar-refractivity contribution in [2.24, 2.45) is 0 Å². The summed E-state index contributed by atoms with van der Waals surface area (Å²) in [6, 6.07) is 8.16. The number of aromatic hydroxyl groups is 1. The summed E-state index contributed by atoms with van der Waals surface area (Å²) in [5, 5.41) is 9.04. The van der Waals surface area contributed by atoms with Crippen LogP contribution in [0.1, 0.15) is 25.3 Å². The van der Waals surface area contributed by atoms with Gasteiger partial charge in [-0.05, 0) is 29.7 Å². The van der Waals surface area contributed by atoms with Crippen molar-refractivity contribution in [2.45, 2.75) is 19.8 Å². The Balaban J connectivity index is 2.96. The predicted molar refractivity (Wildman–Crippen MR) is 41.0 cm³/mol. The molecule has 0 unspecified atom stereocenters. The molecule has 0 saturated carbocycles. The van der Waals surface area contributed by atoms with Crippen molar-refractivity contribution < 1.29 is 5.11 Å². The van der Waals surface area contributed by atoms with Crippen LogP contribution in [0.25, 0.3) is 0 Å². The van der Waals surface area contributed by atoms with Gasteiger partial charge in [-0.1, -0.05) is 19.9 Å². The van der Waals surface area contributed by atoms with Gasteiger partial charge in [0.2, 0.25) is 0 Å². The monoisotopic (exact) mass is 135 g/mol. The maximum Gasteiger partial charge on any atom is 0.115 e. The second kappa shape index (κ2) is 2.74. The predicted octanol–water partition coefficient (Wildman–Crippen LogP) is 2.32. The van der Waals surface area contributed by atoms with Crippen molar-refractivity contribution in [3.63, 3.8) is 0 Å². The fourth-order valence-electron chi connectivity index (χ4n) is 0.806. The summed E-state index contributed by atoms with van der Waals surface area (Å²) in [6.07, 6.45) is 0. The lowest BCUT2D eigenvalue weighted by molar-refractivity contribution is 0.474. The van der Waals surface area contributed by atoms with Crippen LogP contribution in [0, 0.1) is 6.07 Å². The Morgan fingerprint density at radius 2 is 2.20 bits per heavy atom. The lowest BCUT2D eigenvalue weighted by Crippen LogP contribution is -1.85. The number of phenolic OH excluding ortho intramolecular Hbond substituents is 1. The highest BCUT2D eigenvalue weighted by Gasteiger charge is 1.97. The van der Waals surface area contributed by atoms with E-state index >= 15 is 0 Å². The van der Waals surface area contributed by atoms with Crippen LogP contribution in [0.5, 0.6) is 5.75 Å². The molecule has 1 rings (SSSR count). The number of phenols is 1. The highest BCUT2D eigenvalue weighted by Crippen LogP contribution is 2.17. The van der Waals surface area contributed by atoms with Gasteiger partial charge in [0.05, 0.1) is 0 Å². The number of hydrogen-bond acceptors (Lipinski definition) is 1. The second-order valence-electron chi connectivity index (χ2n) is 2.66. The lowest BCUT2D eigenvalue weighted by atomic mass is 10.0. The molecule has 0 atom stereocenters. The van der Waals surface area contributed by atoms with E-state index in [1.807, 2.05) is 0 Å². The Kier molecular flexibility index (Phi) is 1.95. The molecular weight excluding hydrogens is 124 g/mol. The largest absolute Gasteiger partial charge is 0.508 e. The summed E-state index contributed by atoms with van der Waals surface area (Å²) >= 11 is 0. The standard InChI is InChI=1S/C9H11O/c1-7(2)8-4-3-5-9(10)6-8/h3,5-7,10H,1-2H3. The topological polar surface area (TPSA) is 20.2 Å². The Hall–Kier alpha value is -0.980. The molecule has 53 valence electrons. The Morgan fingerprint density at radius 1 is 1.50 bits per heavy atom. The molecule has 0 aliphatic heterocycles. The average molecular weight is 135 g/mol. The summed E-state index contributed by atoms with van der Waals surface area (Å²) in [4.78, 5) is 0. The van der Waals surface area contributed by atoms with E-state index in [1.165, 1.54) is 0 Å². The Bertz CT molecular complexity index is 216. The minimum absolute atomic E-state index is 0.322. The smallest absolute Gasteiger partial charge is 0.115 e. The molecule has 1 heteroatoms. The van der Waals surface area contributed by atoms with E-state index in [9.17, 15) is 0 Å². The molecule has 1 nitrogen and oxygen atoms in total. The van der Waals surface area contributed by atoms with Crippen molar-refractivity contribution in [1.29, 1.82) is 0 Å². The van der Waals surface area contributed by atoms with Gasteiger partial charge in [0, 0.05) is 0 Å². The van der Waals surface area contributed by atoms with Gasteiger partial charge >= 0.3 is 0 Å². The molecule has 0 aliphatic carbocycles. The van der Waals surface area contributed by atoms with E-state index in [2.05, 4.69) is 19.9 Å². The molecule has 1 N–H and O–H groups in total. The SMILES string of the molecule is CC(C)c1[c]ccc(O)c1. The van der Waals surface area contributed by atoms with Crippen LogP contribution >= 0.6 is 0 Å². The molecule has 1 aromatic carbocycles. The minimum Gasteiger partial charge on any atom is -0.508 e. The van der Waals surface area contributed by atoms with Crippen molar-refractivity contribution in [2.75, 3.05) is 0 Å².